The lowest BCUT2D eigenvalue weighted by Gasteiger charge is -2.22. The quantitative estimate of drug-likeness (QED) is 0.596. The highest BCUT2D eigenvalue weighted by atomic mass is 32.2. The number of rotatable bonds is 8. The van der Waals surface area contributed by atoms with Crippen LogP contribution in [0.5, 0.6) is 0 Å². The molecule has 0 bridgehead atoms. The van der Waals surface area contributed by atoms with Gasteiger partial charge in [0.25, 0.3) is 0 Å². The van der Waals surface area contributed by atoms with Crippen LogP contribution in [0.15, 0.2) is 12.7 Å². The normalized spacial score (nSPS) is 11.9. The number of thioether (sulfide) groups is 1. The minimum absolute atomic E-state index is 0.206. The molecule has 0 spiro atoms. The van der Waals surface area contributed by atoms with Crippen molar-refractivity contribution in [1.29, 1.82) is 0 Å². The molecule has 1 atom stereocenters. The smallest absolute Gasteiger partial charge is 0.323 e. The molecule has 0 aliphatic heterocycles. The third-order valence-corrected chi connectivity index (χ3v) is 2.58. The molecule has 0 aromatic rings. The zero-order chi connectivity index (χ0) is 12.6. The Hall–Kier alpha value is -1.01. The highest BCUT2D eigenvalue weighted by molar-refractivity contribution is 7.98. The number of carboxylic acid groups (broad SMARTS) is 1. The highest BCUT2D eigenvalue weighted by Crippen LogP contribution is 2.02. The lowest BCUT2D eigenvalue weighted by atomic mass is 10.2. The maximum atomic E-state index is 11.8. The molecule has 0 aliphatic carbocycles. The molecule has 0 unspecified atom stereocenters. The molecule has 0 aromatic carbocycles. The van der Waals surface area contributed by atoms with Gasteiger partial charge in [0, 0.05) is 6.54 Å². The van der Waals surface area contributed by atoms with E-state index in [-0.39, 0.29) is 19.0 Å². The molecule has 16 heavy (non-hydrogen) atoms. The first-order valence-electron chi connectivity index (χ1n) is 4.89. The van der Waals surface area contributed by atoms with Gasteiger partial charge in [-0.05, 0) is 18.4 Å². The standard InChI is InChI=1S/C10H18N2O3S/c1-3-5-12(7-9(13)14)10(15)8(11)4-6-16-2/h3,8H,1,4-7,11H2,2H3,(H,13,14)/t8-/m1/s1. The maximum absolute atomic E-state index is 11.8. The summed E-state index contributed by atoms with van der Waals surface area (Å²) in [5.74, 6) is -0.606. The summed E-state index contributed by atoms with van der Waals surface area (Å²) >= 11 is 1.60. The molecule has 0 aromatic heterocycles. The lowest BCUT2D eigenvalue weighted by molar-refractivity contribution is -0.144. The van der Waals surface area contributed by atoms with Crippen LogP contribution in [0.2, 0.25) is 0 Å². The predicted octanol–water partition coefficient (Wildman–Crippen LogP) is 0.166. The van der Waals surface area contributed by atoms with Crippen LogP contribution in [0.1, 0.15) is 6.42 Å². The van der Waals surface area contributed by atoms with Gasteiger partial charge < -0.3 is 15.7 Å². The second kappa shape index (κ2) is 8.18. The van der Waals surface area contributed by atoms with Crippen LogP contribution in [-0.2, 0) is 9.59 Å². The zero-order valence-electron chi connectivity index (χ0n) is 9.39. The van der Waals surface area contributed by atoms with Crippen molar-refractivity contribution in [2.24, 2.45) is 5.73 Å². The van der Waals surface area contributed by atoms with E-state index in [0.717, 1.165) is 5.75 Å². The minimum Gasteiger partial charge on any atom is -0.480 e. The fourth-order valence-corrected chi connectivity index (χ4v) is 1.64. The SMILES string of the molecule is C=CCN(CC(=O)O)C(=O)[C@H](N)CCSC. The summed E-state index contributed by atoms with van der Waals surface area (Å²) in [6, 6.07) is -0.633. The highest BCUT2D eigenvalue weighted by Gasteiger charge is 2.21. The minimum atomic E-state index is -1.05. The van der Waals surface area contributed by atoms with Gasteiger partial charge in [0.2, 0.25) is 5.91 Å². The average molecular weight is 246 g/mol. The number of nitrogens with zero attached hydrogens (tertiary/aromatic N) is 1. The lowest BCUT2D eigenvalue weighted by Crippen LogP contribution is -2.46. The Morgan fingerprint density at radius 1 is 1.62 bits per heavy atom. The molecule has 5 nitrogen and oxygen atoms in total. The summed E-state index contributed by atoms with van der Waals surface area (Å²) in [5.41, 5.74) is 5.68. The number of carbonyl (C=O) groups excluding carboxylic acids is 1. The average Bonchev–Trinajstić information content (AvgIpc) is 2.23. The van der Waals surface area contributed by atoms with Crippen molar-refractivity contribution in [2.75, 3.05) is 25.1 Å². The van der Waals surface area contributed by atoms with Crippen LogP contribution in [0, 0.1) is 0 Å². The first-order valence-corrected chi connectivity index (χ1v) is 6.28. The molecule has 0 saturated carbocycles. The first-order chi connectivity index (χ1) is 7.52. The predicted molar refractivity (Wildman–Crippen MR) is 65.4 cm³/mol. The summed E-state index contributed by atoms with van der Waals surface area (Å²) in [6.45, 7) is 3.35. The van der Waals surface area contributed by atoms with E-state index in [1.165, 1.54) is 11.0 Å². The monoisotopic (exact) mass is 246 g/mol. The van der Waals surface area contributed by atoms with Gasteiger partial charge in [-0.2, -0.15) is 11.8 Å². The Bertz CT molecular complexity index is 258. The summed E-state index contributed by atoms with van der Waals surface area (Å²) in [7, 11) is 0. The van der Waals surface area contributed by atoms with Crippen LogP contribution < -0.4 is 5.73 Å². The van der Waals surface area contributed by atoms with Gasteiger partial charge in [-0.25, -0.2) is 0 Å². The van der Waals surface area contributed by atoms with E-state index in [4.69, 9.17) is 10.8 Å². The van der Waals surface area contributed by atoms with Crippen molar-refractivity contribution in [3.63, 3.8) is 0 Å². The number of carbonyl (C=O) groups is 2. The van der Waals surface area contributed by atoms with Gasteiger partial charge in [-0.3, -0.25) is 9.59 Å². The van der Waals surface area contributed by atoms with Crippen molar-refractivity contribution >= 4 is 23.6 Å². The fraction of sp³-hybridized carbons (Fsp3) is 0.600. The summed E-state index contributed by atoms with van der Waals surface area (Å²) in [6.07, 6.45) is 3.96. The van der Waals surface area contributed by atoms with Crippen LogP contribution in [0.25, 0.3) is 0 Å². The van der Waals surface area contributed by atoms with Crippen molar-refractivity contribution < 1.29 is 14.7 Å². The van der Waals surface area contributed by atoms with Gasteiger partial charge in [0.15, 0.2) is 0 Å². The molecular weight excluding hydrogens is 228 g/mol. The Labute approximate surface area is 99.7 Å². The van der Waals surface area contributed by atoms with Crippen molar-refractivity contribution in [3.8, 4) is 0 Å². The molecule has 0 saturated heterocycles. The van der Waals surface area contributed by atoms with Crippen molar-refractivity contribution in [2.45, 2.75) is 12.5 Å². The van der Waals surface area contributed by atoms with Gasteiger partial charge >= 0.3 is 5.97 Å². The number of amides is 1. The largest absolute Gasteiger partial charge is 0.480 e. The Balaban J connectivity index is 4.34. The topological polar surface area (TPSA) is 83.6 Å². The third-order valence-electron chi connectivity index (χ3n) is 1.94. The van der Waals surface area contributed by atoms with Crippen LogP contribution >= 0.6 is 11.8 Å². The molecule has 0 rings (SSSR count). The van der Waals surface area contributed by atoms with Gasteiger partial charge in [-0.1, -0.05) is 6.08 Å². The van der Waals surface area contributed by atoms with Crippen LogP contribution in [0.4, 0.5) is 0 Å². The van der Waals surface area contributed by atoms with Gasteiger partial charge in [0.05, 0.1) is 6.04 Å². The van der Waals surface area contributed by atoms with E-state index in [1.807, 2.05) is 6.26 Å². The first kappa shape index (κ1) is 15.0. The van der Waals surface area contributed by atoms with Crippen molar-refractivity contribution in [3.05, 3.63) is 12.7 Å². The Kier molecular flexibility index (Phi) is 7.66. The second-order valence-corrected chi connectivity index (χ2v) is 4.27. The number of carboxylic acids is 1. The molecule has 0 aliphatic rings. The van der Waals surface area contributed by atoms with Crippen LogP contribution in [-0.4, -0.2) is 53.0 Å². The molecule has 3 N–H and O–H groups in total. The number of hydrogen-bond acceptors (Lipinski definition) is 4. The van der Waals surface area contributed by atoms with E-state index >= 15 is 0 Å². The summed E-state index contributed by atoms with van der Waals surface area (Å²) in [4.78, 5) is 23.5. The van der Waals surface area contributed by atoms with E-state index in [9.17, 15) is 9.59 Å². The number of aliphatic carboxylic acids is 1. The number of hydrogen-bond donors (Lipinski definition) is 2. The van der Waals surface area contributed by atoms with E-state index in [1.54, 1.807) is 11.8 Å². The summed E-state index contributed by atoms with van der Waals surface area (Å²) in [5, 5.41) is 8.64. The maximum Gasteiger partial charge on any atom is 0.323 e. The van der Waals surface area contributed by atoms with Gasteiger partial charge in [0.1, 0.15) is 6.54 Å². The molecule has 6 heteroatoms. The van der Waals surface area contributed by atoms with Crippen molar-refractivity contribution in [1.82, 2.24) is 4.90 Å². The fourth-order valence-electron chi connectivity index (χ4n) is 1.15. The van der Waals surface area contributed by atoms with Crippen LogP contribution in [0.3, 0.4) is 0 Å². The number of nitrogens with two attached hydrogens (primary N) is 1. The molecule has 0 heterocycles. The second-order valence-electron chi connectivity index (χ2n) is 3.29. The Morgan fingerprint density at radius 3 is 2.69 bits per heavy atom. The van der Waals surface area contributed by atoms with E-state index in [0.29, 0.717) is 6.42 Å². The molecule has 92 valence electrons. The Morgan fingerprint density at radius 2 is 2.25 bits per heavy atom. The van der Waals surface area contributed by atoms with E-state index < -0.39 is 12.0 Å². The molecule has 0 fully saturated rings. The van der Waals surface area contributed by atoms with E-state index in [2.05, 4.69) is 6.58 Å². The van der Waals surface area contributed by atoms with Gasteiger partial charge in [-0.15, -0.1) is 6.58 Å². The summed E-state index contributed by atoms with van der Waals surface area (Å²) < 4.78 is 0. The molecule has 0 radical (unpaired) electrons. The molecule has 1 amide bonds. The molecular formula is C10H18N2O3S. The third kappa shape index (κ3) is 5.77. The zero-order valence-corrected chi connectivity index (χ0v) is 10.2.